The minimum absolute atomic E-state index is 0.896. The zero-order valence-corrected chi connectivity index (χ0v) is 25.1. The maximum Gasteiger partial charge on any atom is 0.135 e. The van der Waals surface area contributed by atoms with Crippen molar-refractivity contribution in [2.75, 3.05) is 4.90 Å². The van der Waals surface area contributed by atoms with Crippen molar-refractivity contribution in [3.8, 4) is 22.3 Å². The van der Waals surface area contributed by atoms with Crippen LogP contribution >= 0.6 is 0 Å². The van der Waals surface area contributed by atoms with E-state index in [0.29, 0.717) is 0 Å². The summed E-state index contributed by atoms with van der Waals surface area (Å²) in [5.41, 5.74) is 9.98. The van der Waals surface area contributed by atoms with Gasteiger partial charge in [-0.15, -0.1) is 0 Å². The standard InChI is InChI=1S/C44H29NO/c1-2-12-36(13-3-1)45(38-24-26-44-42(29-38)41-14-6-7-16-43(41)46-44)37-22-19-31(20-23-37)39-15-8-11-35-28-34(21-25-40(35)39)33-18-17-30-9-4-5-10-32(30)27-33/h1-29H. The van der Waals surface area contributed by atoms with E-state index >= 15 is 0 Å². The van der Waals surface area contributed by atoms with Gasteiger partial charge in [-0.3, -0.25) is 0 Å². The van der Waals surface area contributed by atoms with Gasteiger partial charge >= 0.3 is 0 Å². The lowest BCUT2D eigenvalue weighted by atomic mass is 9.94. The van der Waals surface area contributed by atoms with Crippen LogP contribution in [0.3, 0.4) is 0 Å². The maximum absolute atomic E-state index is 6.13. The maximum atomic E-state index is 6.13. The molecule has 0 saturated carbocycles. The molecule has 0 N–H and O–H groups in total. The van der Waals surface area contributed by atoms with Crippen LogP contribution in [0, 0.1) is 0 Å². The minimum atomic E-state index is 0.896. The number of anilines is 3. The normalized spacial score (nSPS) is 11.5. The van der Waals surface area contributed by atoms with E-state index in [1.165, 1.54) is 43.8 Å². The SMILES string of the molecule is c1ccc(N(c2ccc(-c3cccc4cc(-c5ccc6ccccc6c5)ccc34)cc2)c2ccc3oc4ccccc4c3c2)cc1. The summed E-state index contributed by atoms with van der Waals surface area (Å²) in [5, 5.41) is 7.25. The van der Waals surface area contributed by atoms with Crippen molar-refractivity contribution in [2.24, 2.45) is 0 Å². The molecule has 0 aliphatic carbocycles. The number of rotatable bonds is 5. The third kappa shape index (κ3) is 4.51. The molecule has 0 amide bonds. The summed E-state index contributed by atoms with van der Waals surface area (Å²) in [6, 6.07) is 62.8. The summed E-state index contributed by atoms with van der Waals surface area (Å²) in [7, 11) is 0. The number of nitrogens with zero attached hydrogens (tertiary/aromatic N) is 1. The number of benzene rings is 8. The molecule has 0 aliphatic heterocycles. The number of furan rings is 1. The molecule has 8 aromatic carbocycles. The Labute approximate surface area is 267 Å². The average molecular weight is 588 g/mol. The van der Waals surface area contributed by atoms with E-state index in [1.54, 1.807) is 0 Å². The lowest BCUT2D eigenvalue weighted by molar-refractivity contribution is 0.669. The van der Waals surface area contributed by atoms with Gasteiger partial charge in [0.15, 0.2) is 0 Å². The van der Waals surface area contributed by atoms with E-state index in [-0.39, 0.29) is 0 Å². The number of hydrogen-bond acceptors (Lipinski definition) is 2. The number of para-hydroxylation sites is 2. The molecule has 2 nitrogen and oxygen atoms in total. The van der Waals surface area contributed by atoms with Crippen molar-refractivity contribution in [1.82, 2.24) is 0 Å². The summed E-state index contributed by atoms with van der Waals surface area (Å²) >= 11 is 0. The summed E-state index contributed by atoms with van der Waals surface area (Å²) in [5.74, 6) is 0. The molecule has 1 heterocycles. The Morgan fingerprint density at radius 2 is 0.957 bits per heavy atom. The van der Waals surface area contributed by atoms with Crippen molar-refractivity contribution >= 4 is 60.5 Å². The predicted octanol–water partition coefficient (Wildman–Crippen LogP) is 12.7. The molecule has 46 heavy (non-hydrogen) atoms. The first kappa shape index (κ1) is 26.3. The fourth-order valence-corrected chi connectivity index (χ4v) is 6.75. The van der Waals surface area contributed by atoms with E-state index in [4.69, 9.17) is 4.42 Å². The molecule has 0 bridgehead atoms. The molecule has 1 aromatic heterocycles. The largest absolute Gasteiger partial charge is 0.456 e. The van der Waals surface area contributed by atoms with Crippen molar-refractivity contribution in [3.63, 3.8) is 0 Å². The molecule has 9 rings (SSSR count). The van der Waals surface area contributed by atoms with E-state index in [0.717, 1.165) is 39.0 Å². The Bertz CT molecular complexity index is 2530. The van der Waals surface area contributed by atoms with Gasteiger partial charge in [0.25, 0.3) is 0 Å². The third-order valence-corrected chi connectivity index (χ3v) is 9.03. The van der Waals surface area contributed by atoms with Gasteiger partial charge in [-0.1, -0.05) is 115 Å². The van der Waals surface area contributed by atoms with Crippen LogP contribution in [-0.2, 0) is 0 Å². The highest BCUT2D eigenvalue weighted by molar-refractivity contribution is 6.06. The van der Waals surface area contributed by atoms with Crippen molar-refractivity contribution in [1.29, 1.82) is 0 Å². The minimum Gasteiger partial charge on any atom is -0.456 e. The fraction of sp³-hybridized carbons (Fsp3) is 0. The second kappa shape index (κ2) is 10.8. The molecule has 0 aliphatic rings. The van der Waals surface area contributed by atoms with Gasteiger partial charge in [-0.25, -0.2) is 0 Å². The van der Waals surface area contributed by atoms with Gasteiger partial charge in [-0.2, -0.15) is 0 Å². The van der Waals surface area contributed by atoms with Gasteiger partial charge in [0, 0.05) is 27.8 Å². The summed E-state index contributed by atoms with van der Waals surface area (Å²) in [6.45, 7) is 0. The zero-order valence-electron chi connectivity index (χ0n) is 25.1. The van der Waals surface area contributed by atoms with Crippen LogP contribution in [0.4, 0.5) is 17.1 Å². The average Bonchev–Trinajstić information content (AvgIpc) is 3.50. The number of hydrogen-bond donors (Lipinski definition) is 0. The molecule has 0 spiro atoms. The van der Waals surface area contributed by atoms with Gasteiger partial charge in [0.05, 0.1) is 0 Å². The lowest BCUT2D eigenvalue weighted by Crippen LogP contribution is -2.09. The van der Waals surface area contributed by atoms with Crippen molar-refractivity contribution in [3.05, 3.63) is 176 Å². The van der Waals surface area contributed by atoms with Gasteiger partial charge < -0.3 is 9.32 Å². The molecule has 0 saturated heterocycles. The van der Waals surface area contributed by atoms with E-state index in [1.807, 2.05) is 12.1 Å². The van der Waals surface area contributed by atoms with E-state index in [9.17, 15) is 0 Å². The number of fused-ring (bicyclic) bond motifs is 5. The van der Waals surface area contributed by atoms with E-state index < -0.39 is 0 Å². The second-order valence-electron chi connectivity index (χ2n) is 11.8. The Hall–Kier alpha value is -6.12. The van der Waals surface area contributed by atoms with Crippen molar-refractivity contribution in [2.45, 2.75) is 0 Å². The topological polar surface area (TPSA) is 16.4 Å². The molecule has 216 valence electrons. The Morgan fingerprint density at radius 3 is 1.83 bits per heavy atom. The summed E-state index contributed by atoms with van der Waals surface area (Å²) in [6.07, 6.45) is 0. The fourth-order valence-electron chi connectivity index (χ4n) is 6.75. The highest BCUT2D eigenvalue weighted by Crippen LogP contribution is 2.40. The summed E-state index contributed by atoms with van der Waals surface area (Å²) in [4.78, 5) is 2.31. The monoisotopic (exact) mass is 587 g/mol. The molecule has 9 aromatic rings. The van der Waals surface area contributed by atoms with Crippen LogP contribution in [0.25, 0.3) is 65.7 Å². The van der Waals surface area contributed by atoms with Gasteiger partial charge in [-0.05, 0) is 104 Å². The van der Waals surface area contributed by atoms with Gasteiger partial charge in [0.1, 0.15) is 11.2 Å². The quantitative estimate of drug-likeness (QED) is 0.199. The van der Waals surface area contributed by atoms with Crippen LogP contribution < -0.4 is 4.90 Å². The first-order chi connectivity index (χ1) is 22.8. The van der Waals surface area contributed by atoms with Crippen LogP contribution in [0.2, 0.25) is 0 Å². The molecule has 2 heteroatoms. The Morgan fingerprint density at radius 1 is 0.326 bits per heavy atom. The lowest BCUT2D eigenvalue weighted by Gasteiger charge is -2.25. The Kier molecular flexibility index (Phi) is 6.17. The van der Waals surface area contributed by atoms with Gasteiger partial charge in [0.2, 0.25) is 0 Å². The van der Waals surface area contributed by atoms with Crippen LogP contribution in [0.5, 0.6) is 0 Å². The summed E-state index contributed by atoms with van der Waals surface area (Å²) < 4.78 is 6.13. The molecular formula is C44H29NO. The first-order valence-corrected chi connectivity index (χ1v) is 15.7. The van der Waals surface area contributed by atoms with Crippen LogP contribution in [0.1, 0.15) is 0 Å². The predicted molar refractivity (Wildman–Crippen MR) is 194 cm³/mol. The molecule has 0 unspecified atom stereocenters. The molecular weight excluding hydrogens is 558 g/mol. The second-order valence-corrected chi connectivity index (χ2v) is 11.8. The Balaban J connectivity index is 1.10. The molecule has 0 fully saturated rings. The van der Waals surface area contributed by atoms with Crippen LogP contribution in [-0.4, -0.2) is 0 Å². The van der Waals surface area contributed by atoms with Crippen LogP contribution in [0.15, 0.2) is 180 Å². The highest BCUT2D eigenvalue weighted by Gasteiger charge is 2.16. The van der Waals surface area contributed by atoms with Crippen molar-refractivity contribution < 1.29 is 4.42 Å². The first-order valence-electron chi connectivity index (χ1n) is 15.7. The molecule has 0 atom stereocenters. The highest BCUT2D eigenvalue weighted by atomic mass is 16.3. The third-order valence-electron chi connectivity index (χ3n) is 9.03. The zero-order chi connectivity index (χ0) is 30.5. The van der Waals surface area contributed by atoms with E-state index in [2.05, 4.69) is 169 Å². The smallest absolute Gasteiger partial charge is 0.135 e. The molecule has 0 radical (unpaired) electrons.